The van der Waals surface area contributed by atoms with Crippen molar-refractivity contribution in [2.45, 2.75) is 205 Å². The number of nitrogens with one attached hydrogen (secondary N) is 2. The summed E-state index contributed by atoms with van der Waals surface area (Å²) in [6, 6.07) is -1.86. The van der Waals surface area contributed by atoms with Gasteiger partial charge in [0.2, 0.25) is 11.8 Å². The van der Waals surface area contributed by atoms with Gasteiger partial charge in [0.15, 0.2) is 0 Å². The van der Waals surface area contributed by atoms with Gasteiger partial charge in [-0.15, -0.1) is 0 Å². The smallest absolute Gasteiger partial charge is 0.326 e. The average molecular weight is 831 g/mol. The molecule has 0 aliphatic carbocycles. The van der Waals surface area contributed by atoms with Crippen molar-refractivity contribution in [1.29, 1.82) is 0 Å². The van der Waals surface area contributed by atoms with Gasteiger partial charge in [-0.3, -0.25) is 9.59 Å². The van der Waals surface area contributed by atoms with Gasteiger partial charge < -0.3 is 30.6 Å². The molecule has 0 heterocycles. The maximum absolute atomic E-state index is 12.4. The third-order valence-electron chi connectivity index (χ3n) is 10.3. The number of hydrogen-bond acceptors (Lipinski definition) is 8. The fourth-order valence-corrected chi connectivity index (χ4v) is 9.00. The predicted molar refractivity (Wildman–Crippen MR) is 240 cm³/mol. The Bertz CT molecular complexity index is 884. The van der Waals surface area contributed by atoms with E-state index in [1.807, 2.05) is 0 Å². The highest BCUT2D eigenvalue weighted by Crippen LogP contribution is 2.24. The van der Waals surface area contributed by atoms with Crippen LogP contribution in [0.3, 0.4) is 0 Å². The number of amides is 2. The molecule has 0 rings (SSSR count). The SMILES string of the molecule is CN(C)CCCCCCCCCCCCCCCC(=O)NC(CCSSCCC(NC(=O)CCCCCCCCCCCCCCCN(C)C)C(=O)O)C(=O)O. The van der Waals surface area contributed by atoms with Crippen LogP contribution in [0.15, 0.2) is 0 Å². The third kappa shape index (κ3) is 39.3. The van der Waals surface area contributed by atoms with E-state index in [-0.39, 0.29) is 11.8 Å². The summed E-state index contributed by atoms with van der Waals surface area (Å²) in [4.78, 5) is 52.8. The zero-order valence-electron chi connectivity index (χ0n) is 36.4. The molecule has 0 aromatic heterocycles. The lowest BCUT2D eigenvalue weighted by Gasteiger charge is -2.15. The molecule has 2 atom stereocenters. The summed E-state index contributed by atoms with van der Waals surface area (Å²) in [6.45, 7) is 2.38. The monoisotopic (exact) mass is 831 g/mol. The number of hydrogen-bond donors (Lipinski definition) is 4. The summed E-state index contributed by atoms with van der Waals surface area (Å²) < 4.78 is 0. The van der Waals surface area contributed by atoms with Crippen LogP contribution >= 0.6 is 21.6 Å². The van der Waals surface area contributed by atoms with Crippen LogP contribution in [-0.2, 0) is 19.2 Å². The first-order valence-corrected chi connectivity index (χ1v) is 25.1. The molecule has 0 saturated carbocycles. The summed E-state index contributed by atoms with van der Waals surface area (Å²) in [7, 11) is 11.5. The van der Waals surface area contributed by atoms with E-state index < -0.39 is 24.0 Å². The largest absolute Gasteiger partial charge is 0.480 e. The number of nitrogens with zero attached hydrogens (tertiary/aromatic N) is 2. The molecule has 2 amide bonds. The molecule has 0 aliphatic rings. The summed E-state index contributed by atoms with van der Waals surface area (Å²) in [6.07, 6.45) is 33.2. The molecule has 0 fully saturated rings. The van der Waals surface area contributed by atoms with Crippen LogP contribution in [0, 0.1) is 0 Å². The minimum atomic E-state index is -1.04. The molecule has 0 spiro atoms. The molecule has 0 aromatic rings. The van der Waals surface area contributed by atoms with Crippen molar-refractivity contribution in [3.8, 4) is 0 Å². The van der Waals surface area contributed by atoms with Crippen molar-refractivity contribution < 1.29 is 29.4 Å². The van der Waals surface area contributed by atoms with Crippen molar-refractivity contribution in [2.75, 3.05) is 52.8 Å². The average Bonchev–Trinajstić information content (AvgIpc) is 3.14. The number of carbonyl (C=O) groups is 4. The van der Waals surface area contributed by atoms with Gasteiger partial charge in [-0.1, -0.05) is 163 Å². The first kappa shape index (κ1) is 54.5. The fourth-order valence-electron chi connectivity index (χ4n) is 6.81. The number of rotatable bonds is 43. The molecule has 0 aliphatic heterocycles. The minimum absolute atomic E-state index is 0.213. The lowest BCUT2D eigenvalue weighted by molar-refractivity contribution is -0.142. The molecule has 0 saturated heterocycles. The predicted octanol–water partition coefficient (Wildman–Crippen LogP) is 10.3. The van der Waals surface area contributed by atoms with Gasteiger partial charge in [0.1, 0.15) is 12.1 Å². The minimum Gasteiger partial charge on any atom is -0.480 e. The Balaban J connectivity index is 3.82. The van der Waals surface area contributed by atoms with E-state index in [0.717, 1.165) is 38.5 Å². The van der Waals surface area contributed by atoms with Gasteiger partial charge >= 0.3 is 11.9 Å². The Kier molecular flexibility index (Phi) is 39.2. The van der Waals surface area contributed by atoms with E-state index in [1.54, 1.807) is 0 Å². The summed E-state index contributed by atoms with van der Waals surface area (Å²) in [5, 5.41) is 24.6. The van der Waals surface area contributed by atoms with Crippen LogP contribution < -0.4 is 10.6 Å². The van der Waals surface area contributed by atoms with Gasteiger partial charge in [0.25, 0.3) is 0 Å². The maximum atomic E-state index is 12.4. The lowest BCUT2D eigenvalue weighted by Crippen LogP contribution is -2.41. The molecule has 10 nitrogen and oxygen atoms in total. The second kappa shape index (κ2) is 40.3. The Labute approximate surface area is 351 Å². The van der Waals surface area contributed by atoms with Crippen molar-refractivity contribution in [3.05, 3.63) is 0 Å². The second-order valence-electron chi connectivity index (χ2n) is 16.4. The zero-order valence-corrected chi connectivity index (χ0v) is 38.1. The molecule has 2 unspecified atom stereocenters. The molecule has 330 valence electrons. The summed E-state index contributed by atoms with van der Waals surface area (Å²) in [5.41, 5.74) is 0. The number of carboxylic acid groups (broad SMARTS) is 2. The van der Waals surface area contributed by atoms with E-state index in [0.29, 0.717) is 37.2 Å². The van der Waals surface area contributed by atoms with Crippen LogP contribution in [0.5, 0.6) is 0 Å². The van der Waals surface area contributed by atoms with Crippen molar-refractivity contribution >= 4 is 45.3 Å². The molecular formula is C44H86N4O6S2. The van der Waals surface area contributed by atoms with E-state index in [4.69, 9.17) is 0 Å². The van der Waals surface area contributed by atoms with E-state index in [9.17, 15) is 29.4 Å². The number of carboxylic acids is 2. The number of carbonyl (C=O) groups excluding carboxylic acids is 2. The Morgan fingerprint density at radius 3 is 0.875 bits per heavy atom. The molecule has 0 radical (unpaired) electrons. The summed E-state index contributed by atoms with van der Waals surface area (Å²) in [5.74, 6) is -1.47. The van der Waals surface area contributed by atoms with E-state index in [2.05, 4.69) is 48.6 Å². The maximum Gasteiger partial charge on any atom is 0.326 e. The van der Waals surface area contributed by atoms with Gasteiger partial charge in [0, 0.05) is 24.3 Å². The standard InChI is InChI=1S/C44H86N4O6S2/c1-47(2)35-29-25-21-17-13-9-5-7-11-15-19-23-27-31-41(49)45-39(43(51)52)33-37-55-56-38-34-40(44(53)54)46-42(50)32-28-24-20-16-12-8-6-10-14-18-22-26-30-36-48(3)4/h39-40H,5-38H2,1-4H3,(H,45,49)(H,46,50)(H,51,52)(H,53,54). The summed E-state index contributed by atoms with van der Waals surface area (Å²) >= 11 is 0. The fraction of sp³-hybridized carbons (Fsp3) is 0.909. The van der Waals surface area contributed by atoms with Crippen molar-refractivity contribution in [1.82, 2.24) is 20.4 Å². The topological polar surface area (TPSA) is 139 Å². The number of aliphatic carboxylic acids is 2. The Morgan fingerprint density at radius 2 is 0.643 bits per heavy atom. The van der Waals surface area contributed by atoms with Gasteiger partial charge in [-0.25, -0.2) is 9.59 Å². The Morgan fingerprint density at radius 1 is 0.411 bits per heavy atom. The van der Waals surface area contributed by atoms with Crippen molar-refractivity contribution in [3.63, 3.8) is 0 Å². The molecule has 56 heavy (non-hydrogen) atoms. The van der Waals surface area contributed by atoms with Gasteiger partial charge in [-0.2, -0.15) is 0 Å². The molecular weight excluding hydrogens is 745 g/mol. The highest BCUT2D eigenvalue weighted by atomic mass is 33.1. The molecule has 0 bridgehead atoms. The van der Waals surface area contributed by atoms with Crippen LogP contribution in [0.1, 0.15) is 193 Å². The highest BCUT2D eigenvalue weighted by molar-refractivity contribution is 8.76. The van der Waals surface area contributed by atoms with Crippen LogP contribution in [0.4, 0.5) is 0 Å². The van der Waals surface area contributed by atoms with Crippen LogP contribution in [0.25, 0.3) is 0 Å². The quantitative estimate of drug-likeness (QED) is 0.0347. The molecule has 4 N–H and O–H groups in total. The lowest BCUT2D eigenvalue weighted by atomic mass is 10.0. The van der Waals surface area contributed by atoms with Crippen molar-refractivity contribution in [2.24, 2.45) is 0 Å². The normalized spacial score (nSPS) is 12.6. The zero-order chi connectivity index (χ0) is 41.5. The third-order valence-corrected chi connectivity index (χ3v) is 12.8. The van der Waals surface area contributed by atoms with E-state index >= 15 is 0 Å². The first-order valence-electron chi connectivity index (χ1n) is 22.6. The van der Waals surface area contributed by atoms with Gasteiger partial charge in [-0.05, 0) is 79.8 Å². The van der Waals surface area contributed by atoms with Crippen LogP contribution in [-0.4, -0.2) is 109 Å². The second-order valence-corrected chi connectivity index (χ2v) is 19.1. The Hall–Kier alpha value is -1.50. The highest BCUT2D eigenvalue weighted by Gasteiger charge is 2.21. The molecule has 12 heteroatoms. The number of unbranched alkanes of at least 4 members (excludes halogenated alkanes) is 24. The first-order chi connectivity index (χ1) is 27.0. The van der Waals surface area contributed by atoms with Crippen LogP contribution in [0.2, 0.25) is 0 Å². The van der Waals surface area contributed by atoms with E-state index in [1.165, 1.54) is 163 Å². The molecule has 0 aromatic carbocycles. The van der Waals surface area contributed by atoms with Gasteiger partial charge in [0.05, 0.1) is 0 Å².